The van der Waals surface area contributed by atoms with E-state index in [0.717, 1.165) is 25.6 Å². The van der Waals surface area contributed by atoms with Crippen molar-refractivity contribution in [1.29, 1.82) is 0 Å². The lowest BCUT2D eigenvalue weighted by molar-refractivity contribution is -0.132. The first-order chi connectivity index (χ1) is 6.63. The van der Waals surface area contributed by atoms with Crippen LogP contribution >= 0.6 is 0 Å². The van der Waals surface area contributed by atoms with Crippen LogP contribution < -0.4 is 0 Å². The summed E-state index contributed by atoms with van der Waals surface area (Å²) in [4.78, 5) is 15.4. The van der Waals surface area contributed by atoms with Crippen LogP contribution in [0.15, 0.2) is 12.2 Å². The molecular weight excluding hydrogens is 176 g/mol. The second-order valence-electron chi connectivity index (χ2n) is 4.18. The highest BCUT2D eigenvalue weighted by Gasteiger charge is 2.27. The average Bonchev–Trinajstić information content (AvgIpc) is 2.01. The third-order valence-electron chi connectivity index (χ3n) is 2.58. The van der Waals surface area contributed by atoms with E-state index in [1.807, 2.05) is 30.0 Å². The molecule has 0 saturated carbocycles. The van der Waals surface area contributed by atoms with Crippen molar-refractivity contribution in [1.82, 2.24) is 9.80 Å². The van der Waals surface area contributed by atoms with Gasteiger partial charge in [0.25, 0.3) is 0 Å². The first-order valence-electron chi connectivity index (χ1n) is 5.23. The Morgan fingerprint density at radius 3 is 2.64 bits per heavy atom. The van der Waals surface area contributed by atoms with Gasteiger partial charge in [0.1, 0.15) is 0 Å². The summed E-state index contributed by atoms with van der Waals surface area (Å²) in [5.41, 5.74) is 0. The van der Waals surface area contributed by atoms with E-state index in [2.05, 4.69) is 6.92 Å². The largest absolute Gasteiger partial charge is 0.338 e. The lowest BCUT2D eigenvalue weighted by Gasteiger charge is -2.38. The molecule has 1 aliphatic heterocycles. The van der Waals surface area contributed by atoms with Crippen molar-refractivity contribution >= 4 is 5.91 Å². The van der Waals surface area contributed by atoms with Crippen molar-refractivity contribution in [3.05, 3.63) is 12.2 Å². The van der Waals surface area contributed by atoms with Crippen LogP contribution in [-0.2, 0) is 4.79 Å². The van der Waals surface area contributed by atoms with Crippen LogP contribution in [0.1, 0.15) is 13.3 Å². The Labute approximate surface area is 86.4 Å². The number of likely N-dealkylation sites (tertiary alicyclic amines) is 1. The summed E-state index contributed by atoms with van der Waals surface area (Å²) in [6.07, 6.45) is 4.79. The standard InChI is InChI=1S/C11H20N2O/c1-4-10-8-13(9-10)11(14)6-5-7-12(2)3/h5-6,10H,4,7-9H2,1-3H3/b6-5+. The topological polar surface area (TPSA) is 23.6 Å². The number of hydrogen-bond acceptors (Lipinski definition) is 2. The van der Waals surface area contributed by atoms with Gasteiger partial charge < -0.3 is 9.80 Å². The number of rotatable bonds is 4. The molecule has 14 heavy (non-hydrogen) atoms. The highest BCUT2D eigenvalue weighted by molar-refractivity contribution is 5.88. The van der Waals surface area contributed by atoms with E-state index in [0.29, 0.717) is 0 Å². The van der Waals surface area contributed by atoms with E-state index in [4.69, 9.17) is 0 Å². The third-order valence-corrected chi connectivity index (χ3v) is 2.58. The van der Waals surface area contributed by atoms with Crippen LogP contribution in [0.3, 0.4) is 0 Å². The second-order valence-corrected chi connectivity index (χ2v) is 4.18. The molecule has 1 aliphatic rings. The minimum absolute atomic E-state index is 0.163. The molecule has 0 unspecified atom stereocenters. The fourth-order valence-corrected chi connectivity index (χ4v) is 1.48. The zero-order chi connectivity index (χ0) is 10.6. The molecule has 1 heterocycles. The summed E-state index contributed by atoms with van der Waals surface area (Å²) >= 11 is 0. The van der Waals surface area contributed by atoms with Gasteiger partial charge in [-0.1, -0.05) is 13.0 Å². The zero-order valence-electron chi connectivity index (χ0n) is 9.36. The first-order valence-corrected chi connectivity index (χ1v) is 5.23. The maximum atomic E-state index is 11.5. The van der Waals surface area contributed by atoms with Crippen LogP contribution in [0.25, 0.3) is 0 Å². The fraction of sp³-hybridized carbons (Fsp3) is 0.727. The third kappa shape index (κ3) is 3.14. The maximum Gasteiger partial charge on any atom is 0.246 e. The van der Waals surface area contributed by atoms with Crippen molar-refractivity contribution in [3.63, 3.8) is 0 Å². The molecular formula is C11H20N2O. The fourth-order valence-electron chi connectivity index (χ4n) is 1.48. The van der Waals surface area contributed by atoms with Gasteiger partial charge in [-0.3, -0.25) is 4.79 Å². The van der Waals surface area contributed by atoms with E-state index < -0.39 is 0 Å². The molecule has 1 fully saturated rings. The lowest BCUT2D eigenvalue weighted by atomic mass is 9.97. The van der Waals surface area contributed by atoms with Gasteiger partial charge in [0.15, 0.2) is 0 Å². The number of carbonyl (C=O) groups is 1. The van der Waals surface area contributed by atoms with Gasteiger partial charge in [-0.25, -0.2) is 0 Å². The lowest BCUT2D eigenvalue weighted by Crippen LogP contribution is -2.49. The summed E-state index contributed by atoms with van der Waals surface area (Å²) in [7, 11) is 3.98. The Bertz CT molecular complexity index is 217. The quantitative estimate of drug-likeness (QED) is 0.626. The highest BCUT2D eigenvalue weighted by atomic mass is 16.2. The molecule has 0 aromatic rings. The van der Waals surface area contributed by atoms with Gasteiger partial charge in [-0.05, 0) is 26.4 Å². The van der Waals surface area contributed by atoms with Gasteiger partial charge in [-0.2, -0.15) is 0 Å². The van der Waals surface area contributed by atoms with Gasteiger partial charge in [0.05, 0.1) is 0 Å². The number of hydrogen-bond donors (Lipinski definition) is 0. The second kappa shape index (κ2) is 5.15. The molecule has 0 N–H and O–H groups in total. The predicted octanol–water partition coefficient (Wildman–Crippen LogP) is 0.973. The van der Waals surface area contributed by atoms with Crippen LogP contribution in [-0.4, -0.2) is 49.4 Å². The summed E-state index contributed by atoms with van der Waals surface area (Å²) in [5, 5.41) is 0. The zero-order valence-corrected chi connectivity index (χ0v) is 9.36. The van der Waals surface area contributed by atoms with Crippen LogP contribution in [0.5, 0.6) is 0 Å². The summed E-state index contributed by atoms with van der Waals surface area (Å²) in [5.74, 6) is 0.901. The highest BCUT2D eigenvalue weighted by Crippen LogP contribution is 2.18. The molecule has 3 nitrogen and oxygen atoms in total. The van der Waals surface area contributed by atoms with E-state index in [-0.39, 0.29) is 5.91 Å². The molecule has 0 aromatic carbocycles. The van der Waals surface area contributed by atoms with Crippen molar-refractivity contribution in [2.45, 2.75) is 13.3 Å². The van der Waals surface area contributed by atoms with Crippen LogP contribution in [0.4, 0.5) is 0 Å². The molecule has 0 radical (unpaired) electrons. The average molecular weight is 196 g/mol. The van der Waals surface area contributed by atoms with Gasteiger partial charge in [-0.15, -0.1) is 0 Å². The smallest absolute Gasteiger partial charge is 0.246 e. The van der Waals surface area contributed by atoms with Crippen molar-refractivity contribution < 1.29 is 4.79 Å². The van der Waals surface area contributed by atoms with E-state index >= 15 is 0 Å². The molecule has 0 atom stereocenters. The molecule has 3 heteroatoms. The van der Waals surface area contributed by atoms with Gasteiger partial charge >= 0.3 is 0 Å². The summed E-state index contributed by atoms with van der Waals surface area (Å²) < 4.78 is 0. The van der Waals surface area contributed by atoms with Gasteiger partial charge in [0, 0.05) is 25.7 Å². The Morgan fingerprint density at radius 1 is 1.50 bits per heavy atom. The SMILES string of the molecule is CCC1CN(C(=O)/C=C/CN(C)C)C1. The van der Waals surface area contributed by atoms with Gasteiger partial charge in [0.2, 0.25) is 5.91 Å². The Balaban J connectivity index is 2.20. The Hall–Kier alpha value is -0.830. The van der Waals surface area contributed by atoms with E-state index in [9.17, 15) is 4.79 Å². The Kier molecular flexibility index (Phi) is 4.14. The Morgan fingerprint density at radius 2 is 2.14 bits per heavy atom. The molecule has 0 aromatic heterocycles. The minimum Gasteiger partial charge on any atom is -0.338 e. The predicted molar refractivity (Wildman–Crippen MR) is 58.1 cm³/mol. The van der Waals surface area contributed by atoms with Crippen molar-refractivity contribution in [3.8, 4) is 0 Å². The van der Waals surface area contributed by atoms with Crippen LogP contribution in [0.2, 0.25) is 0 Å². The maximum absolute atomic E-state index is 11.5. The summed E-state index contributed by atoms with van der Waals surface area (Å²) in [6.45, 7) is 4.90. The number of likely N-dealkylation sites (N-methyl/N-ethyl adjacent to an activating group) is 1. The number of nitrogens with zero attached hydrogens (tertiary/aromatic N) is 2. The molecule has 1 rings (SSSR count). The normalized spacial score (nSPS) is 17.9. The van der Waals surface area contributed by atoms with Crippen molar-refractivity contribution in [2.24, 2.45) is 5.92 Å². The molecule has 80 valence electrons. The molecule has 0 spiro atoms. The monoisotopic (exact) mass is 196 g/mol. The van der Waals surface area contributed by atoms with E-state index in [1.165, 1.54) is 6.42 Å². The molecule has 0 aliphatic carbocycles. The molecule has 0 bridgehead atoms. The molecule has 1 saturated heterocycles. The van der Waals surface area contributed by atoms with Crippen molar-refractivity contribution in [2.75, 3.05) is 33.7 Å². The minimum atomic E-state index is 0.163. The van der Waals surface area contributed by atoms with E-state index in [1.54, 1.807) is 6.08 Å². The summed E-state index contributed by atoms with van der Waals surface area (Å²) in [6, 6.07) is 0. The number of carbonyl (C=O) groups excluding carboxylic acids is 1. The molecule has 1 amide bonds. The van der Waals surface area contributed by atoms with Crippen LogP contribution in [0, 0.1) is 5.92 Å². The number of amides is 1. The first kappa shape index (κ1) is 11.2.